The first-order valence-corrected chi connectivity index (χ1v) is 7.16. The number of carbonyl (C=O) groups is 1. The van der Waals surface area contributed by atoms with Crippen molar-refractivity contribution >= 4 is 33.5 Å². The molecular weight excluding hydrogens is 344 g/mol. The lowest BCUT2D eigenvalue weighted by molar-refractivity contribution is -0.154. The van der Waals surface area contributed by atoms with Crippen molar-refractivity contribution in [3.63, 3.8) is 0 Å². The van der Waals surface area contributed by atoms with Crippen molar-refractivity contribution in [2.45, 2.75) is 12.0 Å². The van der Waals surface area contributed by atoms with Crippen LogP contribution in [0.25, 0.3) is 0 Å². The molecule has 0 saturated carbocycles. The first kappa shape index (κ1) is 13.5. The van der Waals surface area contributed by atoms with Gasteiger partial charge in [0.05, 0.1) is 5.02 Å². The first-order valence-electron chi connectivity index (χ1n) is 5.99. The second kappa shape index (κ2) is 4.79. The maximum Gasteiger partial charge on any atom is 0.353 e. The van der Waals surface area contributed by atoms with Crippen LogP contribution in [0, 0.1) is 0 Å². The molecule has 0 amide bonds. The molecule has 0 aliphatic carbocycles. The van der Waals surface area contributed by atoms with Crippen LogP contribution < -0.4 is 4.74 Å². The van der Waals surface area contributed by atoms with Gasteiger partial charge in [0.1, 0.15) is 5.75 Å². The SMILES string of the molecule is O=C(O)C1(c2ccccc2)Cc2c(ccc(Cl)c2Br)O1. The zero-order valence-corrected chi connectivity index (χ0v) is 12.6. The van der Waals surface area contributed by atoms with Gasteiger partial charge in [0.25, 0.3) is 0 Å². The summed E-state index contributed by atoms with van der Waals surface area (Å²) in [5, 5.41) is 10.2. The second-order valence-corrected chi connectivity index (χ2v) is 5.82. The lowest BCUT2D eigenvalue weighted by atomic mass is 9.89. The van der Waals surface area contributed by atoms with Crippen LogP contribution in [0.3, 0.4) is 0 Å². The molecule has 1 N–H and O–H groups in total. The maximum atomic E-state index is 11.8. The molecular formula is C15H10BrClO3. The summed E-state index contributed by atoms with van der Waals surface area (Å²) in [6.45, 7) is 0. The smallest absolute Gasteiger partial charge is 0.353 e. The Labute approximate surface area is 129 Å². The van der Waals surface area contributed by atoms with E-state index in [4.69, 9.17) is 16.3 Å². The number of ether oxygens (including phenoxy) is 1. The van der Waals surface area contributed by atoms with E-state index in [0.29, 0.717) is 20.8 Å². The van der Waals surface area contributed by atoms with E-state index in [1.54, 1.807) is 36.4 Å². The third-order valence-electron chi connectivity index (χ3n) is 3.45. The van der Waals surface area contributed by atoms with Crippen LogP contribution in [0.4, 0.5) is 0 Å². The van der Waals surface area contributed by atoms with Gasteiger partial charge in [-0.2, -0.15) is 0 Å². The van der Waals surface area contributed by atoms with Crippen molar-refractivity contribution in [3.8, 4) is 5.75 Å². The molecule has 102 valence electrons. The van der Waals surface area contributed by atoms with E-state index in [9.17, 15) is 9.90 Å². The van der Waals surface area contributed by atoms with E-state index in [2.05, 4.69) is 15.9 Å². The minimum absolute atomic E-state index is 0.239. The van der Waals surface area contributed by atoms with Gasteiger partial charge < -0.3 is 9.84 Å². The van der Waals surface area contributed by atoms with Crippen LogP contribution in [0.2, 0.25) is 5.02 Å². The minimum Gasteiger partial charge on any atom is -0.478 e. The molecule has 0 aromatic heterocycles. The highest BCUT2D eigenvalue weighted by atomic mass is 79.9. The standard InChI is InChI=1S/C15H10BrClO3/c16-13-10-8-15(14(18)19,9-4-2-1-3-5-9)20-12(10)7-6-11(13)17/h1-7H,8H2,(H,18,19). The van der Waals surface area contributed by atoms with Gasteiger partial charge in [0.2, 0.25) is 5.60 Å². The summed E-state index contributed by atoms with van der Waals surface area (Å²) < 4.78 is 6.48. The second-order valence-electron chi connectivity index (χ2n) is 4.62. The predicted molar refractivity (Wildman–Crippen MR) is 79.2 cm³/mol. The predicted octanol–water partition coefficient (Wildman–Crippen LogP) is 4.02. The van der Waals surface area contributed by atoms with Crippen LogP contribution in [0.1, 0.15) is 11.1 Å². The monoisotopic (exact) mass is 352 g/mol. The highest BCUT2D eigenvalue weighted by Gasteiger charge is 2.49. The van der Waals surface area contributed by atoms with E-state index in [1.165, 1.54) is 0 Å². The fourth-order valence-corrected chi connectivity index (χ4v) is 3.06. The van der Waals surface area contributed by atoms with Gasteiger partial charge in [-0.05, 0) is 28.1 Å². The fourth-order valence-electron chi connectivity index (χ4n) is 2.42. The summed E-state index contributed by atoms with van der Waals surface area (Å²) in [7, 11) is 0. The molecule has 2 aromatic carbocycles. The van der Waals surface area contributed by atoms with Gasteiger partial charge in [0, 0.05) is 22.0 Å². The van der Waals surface area contributed by atoms with Crippen molar-refractivity contribution in [2.24, 2.45) is 0 Å². The van der Waals surface area contributed by atoms with Crippen LogP contribution >= 0.6 is 27.5 Å². The summed E-state index contributed by atoms with van der Waals surface area (Å²) >= 11 is 9.46. The van der Waals surface area contributed by atoms with Crippen LogP contribution in [0.15, 0.2) is 46.9 Å². The van der Waals surface area contributed by atoms with E-state index in [0.717, 1.165) is 5.56 Å². The average molecular weight is 354 g/mol. The number of carboxylic acids is 1. The van der Waals surface area contributed by atoms with Gasteiger partial charge >= 0.3 is 5.97 Å². The molecule has 1 heterocycles. The zero-order chi connectivity index (χ0) is 14.3. The van der Waals surface area contributed by atoms with Gasteiger partial charge in [-0.25, -0.2) is 4.79 Å². The van der Waals surface area contributed by atoms with Crippen molar-refractivity contribution in [2.75, 3.05) is 0 Å². The third kappa shape index (κ3) is 1.91. The molecule has 1 aliphatic heterocycles. The molecule has 0 bridgehead atoms. The number of carboxylic acid groups (broad SMARTS) is 1. The first-order chi connectivity index (χ1) is 9.54. The highest BCUT2D eigenvalue weighted by Crippen LogP contribution is 2.46. The number of aliphatic carboxylic acids is 1. The Morgan fingerprint density at radius 2 is 1.95 bits per heavy atom. The number of hydrogen-bond donors (Lipinski definition) is 1. The molecule has 2 aromatic rings. The van der Waals surface area contributed by atoms with Crippen molar-refractivity contribution < 1.29 is 14.6 Å². The molecule has 5 heteroatoms. The average Bonchev–Trinajstić information content (AvgIpc) is 2.86. The quantitative estimate of drug-likeness (QED) is 0.887. The van der Waals surface area contributed by atoms with Gasteiger partial charge in [-0.3, -0.25) is 0 Å². The van der Waals surface area contributed by atoms with Gasteiger partial charge in [-0.1, -0.05) is 41.9 Å². The van der Waals surface area contributed by atoms with E-state index in [1.807, 2.05) is 6.07 Å². The molecule has 1 aliphatic rings. The Morgan fingerprint density at radius 1 is 1.25 bits per heavy atom. The number of hydrogen-bond acceptors (Lipinski definition) is 2. The molecule has 0 radical (unpaired) electrons. The molecule has 20 heavy (non-hydrogen) atoms. The Hall–Kier alpha value is -1.52. The molecule has 1 unspecified atom stereocenters. The summed E-state index contributed by atoms with van der Waals surface area (Å²) in [6.07, 6.45) is 0.239. The van der Waals surface area contributed by atoms with E-state index >= 15 is 0 Å². The maximum absolute atomic E-state index is 11.8. The third-order valence-corrected chi connectivity index (χ3v) is 4.90. The topological polar surface area (TPSA) is 46.5 Å². The molecule has 3 rings (SSSR count). The van der Waals surface area contributed by atoms with Crippen molar-refractivity contribution in [1.29, 1.82) is 0 Å². The Bertz CT molecular complexity index is 687. The number of fused-ring (bicyclic) bond motifs is 1. The summed E-state index contributed by atoms with van der Waals surface area (Å²) in [5.41, 5.74) is 0.00652. The Balaban J connectivity index is 2.14. The molecule has 0 spiro atoms. The summed E-state index contributed by atoms with van der Waals surface area (Å²) in [5.74, 6) is -0.463. The largest absolute Gasteiger partial charge is 0.478 e. The van der Waals surface area contributed by atoms with Crippen LogP contribution in [0.5, 0.6) is 5.75 Å². The van der Waals surface area contributed by atoms with Gasteiger partial charge in [-0.15, -0.1) is 0 Å². The molecule has 0 fully saturated rings. The number of rotatable bonds is 2. The van der Waals surface area contributed by atoms with Crippen molar-refractivity contribution in [1.82, 2.24) is 0 Å². The summed E-state index contributed by atoms with van der Waals surface area (Å²) in [6, 6.07) is 12.4. The number of halogens is 2. The molecule has 1 atom stereocenters. The summed E-state index contributed by atoms with van der Waals surface area (Å²) in [4.78, 5) is 11.8. The Kier molecular flexibility index (Phi) is 3.22. The van der Waals surface area contributed by atoms with Crippen LogP contribution in [-0.4, -0.2) is 11.1 Å². The normalized spacial score (nSPS) is 20.3. The van der Waals surface area contributed by atoms with E-state index < -0.39 is 11.6 Å². The van der Waals surface area contributed by atoms with Crippen molar-refractivity contribution in [3.05, 3.63) is 63.1 Å². The van der Waals surface area contributed by atoms with Gasteiger partial charge in [0.15, 0.2) is 0 Å². The number of benzene rings is 2. The fraction of sp³-hybridized carbons (Fsp3) is 0.133. The van der Waals surface area contributed by atoms with E-state index in [-0.39, 0.29) is 6.42 Å². The minimum atomic E-state index is -1.39. The molecule has 0 saturated heterocycles. The zero-order valence-electron chi connectivity index (χ0n) is 10.3. The Morgan fingerprint density at radius 3 is 2.60 bits per heavy atom. The lowest BCUT2D eigenvalue weighted by Gasteiger charge is -2.24. The highest BCUT2D eigenvalue weighted by molar-refractivity contribution is 9.10. The lowest BCUT2D eigenvalue weighted by Crippen LogP contribution is -2.40. The van der Waals surface area contributed by atoms with Crippen LogP contribution in [-0.2, 0) is 16.8 Å². The molecule has 3 nitrogen and oxygen atoms in total.